The molecule has 0 saturated carbocycles. The van der Waals surface area contributed by atoms with Gasteiger partial charge in [-0.1, -0.05) is 84.9 Å². The number of anilines is 2. The van der Waals surface area contributed by atoms with Gasteiger partial charge in [0.25, 0.3) is 0 Å². The van der Waals surface area contributed by atoms with Crippen molar-refractivity contribution >= 4 is 33.7 Å². The van der Waals surface area contributed by atoms with Gasteiger partial charge in [-0.2, -0.15) is 0 Å². The Morgan fingerprint density at radius 2 is 1.33 bits per heavy atom. The van der Waals surface area contributed by atoms with Crippen LogP contribution >= 0.6 is 0 Å². The molecule has 6 aromatic rings. The summed E-state index contributed by atoms with van der Waals surface area (Å²) in [5, 5.41) is 0. The zero-order valence-corrected chi connectivity index (χ0v) is 25.5. The van der Waals surface area contributed by atoms with E-state index in [1.54, 1.807) is 0 Å². The van der Waals surface area contributed by atoms with Crippen LogP contribution < -0.4 is 4.90 Å². The maximum absolute atomic E-state index is 5.05. The summed E-state index contributed by atoms with van der Waals surface area (Å²) in [7, 11) is 0. The van der Waals surface area contributed by atoms with E-state index in [0.717, 1.165) is 53.1 Å². The molecule has 0 N–H and O–H groups in total. The highest BCUT2D eigenvalue weighted by Gasteiger charge is 2.20. The summed E-state index contributed by atoms with van der Waals surface area (Å²) in [6, 6.07) is 44.0. The van der Waals surface area contributed by atoms with Crippen molar-refractivity contribution < 1.29 is 0 Å². The maximum atomic E-state index is 5.05. The number of hydrogen-bond donors (Lipinski definition) is 0. The molecule has 1 aliphatic heterocycles. The lowest BCUT2D eigenvalue weighted by molar-refractivity contribution is 0.894. The van der Waals surface area contributed by atoms with Crippen LogP contribution in [0.2, 0.25) is 0 Å². The van der Waals surface area contributed by atoms with E-state index < -0.39 is 0 Å². The number of fused-ring (bicyclic) bond motifs is 1. The highest BCUT2D eigenvalue weighted by molar-refractivity contribution is 6.03. The fraction of sp³-hybridized carbons (Fsp3) is 0.0976. The van der Waals surface area contributed by atoms with Crippen LogP contribution in [0.25, 0.3) is 33.8 Å². The Morgan fingerprint density at radius 1 is 0.630 bits per heavy atom. The minimum absolute atomic E-state index is 0.660. The molecule has 0 amide bonds. The summed E-state index contributed by atoms with van der Waals surface area (Å²) in [6.45, 7) is 0.660. The highest BCUT2D eigenvalue weighted by Crippen LogP contribution is 2.35. The molecule has 0 unspecified atom stereocenters. The molecule has 0 fully saturated rings. The van der Waals surface area contributed by atoms with Crippen molar-refractivity contribution in [3.05, 3.63) is 169 Å². The topological polar surface area (TPSA) is 46.3 Å². The van der Waals surface area contributed by atoms with Gasteiger partial charge in [0.15, 0.2) is 5.82 Å². The first-order valence-corrected chi connectivity index (χ1v) is 15.8. The van der Waals surface area contributed by atoms with Crippen LogP contribution in [0.3, 0.4) is 0 Å². The summed E-state index contributed by atoms with van der Waals surface area (Å²) in [4.78, 5) is 17.3. The lowest BCUT2D eigenvalue weighted by Crippen LogP contribution is -2.19. The number of rotatable bonds is 7. The van der Waals surface area contributed by atoms with Crippen LogP contribution in [0.15, 0.2) is 168 Å². The van der Waals surface area contributed by atoms with E-state index in [1.165, 1.54) is 33.9 Å². The Balaban J connectivity index is 1.01. The third-order valence-corrected chi connectivity index (χ3v) is 8.73. The highest BCUT2D eigenvalue weighted by atomic mass is 15.1. The van der Waals surface area contributed by atoms with Gasteiger partial charge >= 0.3 is 0 Å². The molecular weight excluding hydrogens is 562 g/mol. The Labute approximate surface area is 269 Å². The van der Waals surface area contributed by atoms with E-state index in [0.29, 0.717) is 6.54 Å². The van der Waals surface area contributed by atoms with Gasteiger partial charge in [0.1, 0.15) is 5.69 Å². The smallest absolute Gasteiger partial charge is 0.164 e. The van der Waals surface area contributed by atoms with Gasteiger partial charge < -0.3 is 4.90 Å². The molecule has 46 heavy (non-hydrogen) atoms. The molecule has 5 nitrogen and oxygen atoms in total. The first-order valence-electron chi connectivity index (χ1n) is 15.8. The van der Waals surface area contributed by atoms with E-state index in [1.807, 2.05) is 18.3 Å². The average molecular weight is 596 g/mol. The molecule has 0 bridgehead atoms. The van der Waals surface area contributed by atoms with E-state index in [-0.39, 0.29) is 0 Å². The predicted molar refractivity (Wildman–Crippen MR) is 190 cm³/mol. The van der Waals surface area contributed by atoms with Crippen molar-refractivity contribution in [3.8, 4) is 17.2 Å². The zero-order valence-electron chi connectivity index (χ0n) is 25.5. The van der Waals surface area contributed by atoms with Crippen molar-refractivity contribution in [2.24, 2.45) is 4.99 Å². The summed E-state index contributed by atoms with van der Waals surface area (Å²) < 4.78 is 2.18. The second-order valence-corrected chi connectivity index (χ2v) is 11.6. The van der Waals surface area contributed by atoms with Crippen LogP contribution in [0.5, 0.6) is 0 Å². The third-order valence-electron chi connectivity index (χ3n) is 8.73. The lowest BCUT2D eigenvalue weighted by atomic mass is 9.93. The molecule has 0 radical (unpaired) electrons. The Kier molecular flexibility index (Phi) is 7.41. The molecule has 1 aliphatic carbocycles. The first-order chi connectivity index (χ1) is 22.8. The minimum Gasteiger partial charge on any atom is -0.314 e. The Bertz CT molecular complexity index is 2080. The Morgan fingerprint density at radius 3 is 1.96 bits per heavy atom. The van der Waals surface area contributed by atoms with Gasteiger partial charge in [0.2, 0.25) is 0 Å². The quantitative estimate of drug-likeness (QED) is 0.185. The van der Waals surface area contributed by atoms with E-state index in [4.69, 9.17) is 15.0 Å². The molecular formula is C41H33N5. The molecule has 2 aromatic heterocycles. The number of benzene rings is 4. The molecule has 8 rings (SSSR count). The number of imidazole rings is 1. The number of hydrogen-bond acceptors (Lipinski definition) is 4. The van der Waals surface area contributed by atoms with Crippen molar-refractivity contribution in [1.29, 1.82) is 0 Å². The molecule has 222 valence electrons. The van der Waals surface area contributed by atoms with Gasteiger partial charge in [-0.15, -0.1) is 0 Å². The van der Waals surface area contributed by atoms with Crippen LogP contribution in [0, 0.1) is 0 Å². The maximum Gasteiger partial charge on any atom is 0.164 e. The minimum atomic E-state index is 0.660. The second kappa shape index (κ2) is 12.3. The van der Waals surface area contributed by atoms with Gasteiger partial charge in [0, 0.05) is 41.1 Å². The number of allylic oxidation sites excluding steroid dienone is 5. The van der Waals surface area contributed by atoms with Crippen LogP contribution in [0.1, 0.15) is 24.8 Å². The summed E-state index contributed by atoms with van der Waals surface area (Å²) >= 11 is 0. The van der Waals surface area contributed by atoms with Crippen LogP contribution in [0.4, 0.5) is 11.4 Å². The molecule has 3 heterocycles. The Hall–Kier alpha value is -5.81. The summed E-state index contributed by atoms with van der Waals surface area (Å²) in [5.74, 6) is 0.839. The fourth-order valence-electron chi connectivity index (χ4n) is 6.41. The van der Waals surface area contributed by atoms with Crippen molar-refractivity contribution in [2.75, 3.05) is 11.4 Å². The van der Waals surface area contributed by atoms with Gasteiger partial charge in [-0.25, -0.2) is 4.98 Å². The number of dihydropyridines is 1. The SMILES string of the molecule is C1=C(C2=NCC(c3ccc(-c4nc5ccccc5n4-c4ccccc4)nc3)=CC2)CCC(N(c2ccccc2)c2ccccc2)=C1. The van der Waals surface area contributed by atoms with E-state index in [2.05, 4.69) is 143 Å². The molecule has 0 saturated heterocycles. The summed E-state index contributed by atoms with van der Waals surface area (Å²) in [6.07, 6.45) is 11.6. The molecule has 0 spiro atoms. The van der Waals surface area contributed by atoms with Crippen molar-refractivity contribution in [2.45, 2.75) is 19.3 Å². The second-order valence-electron chi connectivity index (χ2n) is 11.6. The molecule has 0 atom stereocenters. The van der Waals surface area contributed by atoms with Crippen LogP contribution in [-0.2, 0) is 0 Å². The normalized spacial score (nSPS) is 14.7. The van der Waals surface area contributed by atoms with Gasteiger partial charge in [-0.05, 0) is 90.2 Å². The number of aliphatic imine (C=N–C) groups is 1. The number of pyridine rings is 1. The standard InChI is InChI=1S/C41H33N5/c1-4-12-33(13-5-1)45(34-14-6-2-7-15-34)36-24-20-30(21-25-36)37-26-22-31(28-42-37)32-23-27-39(43-29-32)41-44-38-18-10-11-19-40(38)46(41)35-16-8-3-9-17-35/h1-20,22-24,27,29H,21,25-26,28H2. The van der Waals surface area contributed by atoms with Crippen molar-refractivity contribution in [1.82, 2.24) is 14.5 Å². The lowest BCUT2D eigenvalue weighted by Gasteiger charge is -2.30. The van der Waals surface area contributed by atoms with E-state index in [9.17, 15) is 0 Å². The van der Waals surface area contributed by atoms with Gasteiger partial charge in [0.05, 0.1) is 17.6 Å². The number of para-hydroxylation sites is 5. The third kappa shape index (κ3) is 5.37. The predicted octanol–water partition coefficient (Wildman–Crippen LogP) is 9.76. The van der Waals surface area contributed by atoms with E-state index >= 15 is 0 Å². The molecule has 4 aromatic carbocycles. The first kappa shape index (κ1) is 27.7. The van der Waals surface area contributed by atoms with Gasteiger partial charge in [-0.3, -0.25) is 14.5 Å². The fourth-order valence-corrected chi connectivity index (χ4v) is 6.41. The number of aromatic nitrogens is 3. The van der Waals surface area contributed by atoms with Crippen molar-refractivity contribution in [3.63, 3.8) is 0 Å². The summed E-state index contributed by atoms with van der Waals surface area (Å²) in [5.41, 5.74) is 12.4. The average Bonchev–Trinajstić information content (AvgIpc) is 3.53. The number of nitrogens with zero attached hydrogens (tertiary/aromatic N) is 5. The molecule has 5 heteroatoms. The van der Waals surface area contributed by atoms with Crippen LogP contribution in [-0.4, -0.2) is 26.8 Å². The largest absolute Gasteiger partial charge is 0.314 e. The molecule has 2 aliphatic rings. The monoisotopic (exact) mass is 595 g/mol. The zero-order chi connectivity index (χ0) is 30.7.